The highest BCUT2D eigenvalue weighted by Crippen LogP contribution is 2.47. The van der Waals surface area contributed by atoms with Crippen molar-refractivity contribution >= 4 is 17.2 Å². The Morgan fingerprint density at radius 2 is 2.42 bits per heavy atom. The molecule has 2 atom stereocenters. The Hall–Kier alpha value is -0.870. The van der Waals surface area contributed by atoms with Crippen molar-refractivity contribution in [2.75, 3.05) is 7.05 Å². The predicted octanol–water partition coefficient (Wildman–Crippen LogP) is 1.23. The summed E-state index contributed by atoms with van der Waals surface area (Å²) in [5.41, 5.74) is 1.90. The van der Waals surface area contributed by atoms with Crippen molar-refractivity contribution in [1.29, 1.82) is 0 Å². The zero-order chi connectivity index (χ0) is 8.29. The van der Waals surface area contributed by atoms with Gasteiger partial charge in [0.1, 0.15) is 6.10 Å². The van der Waals surface area contributed by atoms with Crippen molar-refractivity contribution < 1.29 is 9.53 Å². The fourth-order valence-corrected chi connectivity index (χ4v) is 2.48. The van der Waals surface area contributed by atoms with Crippen LogP contribution in [0.1, 0.15) is 22.0 Å². The van der Waals surface area contributed by atoms with Crippen LogP contribution in [0, 0.1) is 0 Å². The van der Waals surface area contributed by atoms with Crippen molar-refractivity contribution in [3.63, 3.8) is 0 Å². The molecule has 0 aromatic carbocycles. The Balaban J connectivity index is 2.19. The molecule has 12 heavy (non-hydrogen) atoms. The third-order valence-electron chi connectivity index (χ3n) is 2.40. The SMILES string of the molecule is CN1C(=O)c2cscc2C2OC21. The van der Waals surface area contributed by atoms with Crippen LogP contribution in [0.3, 0.4) is 0 Å². The number of amides is 1. The van der Waals surface area contributed by atoms with Crippen LogP contribution < -0.4 is 0 Å². The Labute approximate surface area is 73.6 Å². The molecule has 1 fully saturated rings. The van der Waals surface area contributed by atoms with Crippen LogP contribution in [0.5, 0.6) is 0 Å². The van der Waals surface area contributed by atoms with Crippen LogP contribution in [0.2, 0.25) is 0 Å². The standard InChI is InChI=1S/C8H7NO2S/c1-9-7(10)5-3-12-2-4(5)6-8(9)11-6/h2-3,6,8H,1H3. The van der Waals surface area contributed by atoms with Gasteiger partial charge in [0.2, 0.25) is 0 Å². The van der Waals surface area contributed by atoms with Crippen LogP contribution >= 0.6 is 11.3 Å². The monoisotopic (exact) mass is 181 g/mol. The van der Waals surface area contributed by atoms with Gasteiger partial charge in [0, 0.05) is 18.0 Å². The summed E-state index contributed by atoms with van der Waals surface area (Å²) in [5, 5.41) is 3.90. The number of epoxide rings is 1. The minimum absolute atomic E-state index is 0.0135. The van der Waals surface area contributed by atoms with Gasteiger partial charge < -0.3 is 9.64 Å². The van der Waals surface area contributed by atoms with E-state index >= 15 is 0 Å². The second-order valence-corrected chi connectivity index (χ2v) is 3.85. The maximum Gasteiger partial charge on any atom is 0.256 e. The van der Waals surface area contributed by atoms with E-state index in [0.29, 0.717) is 0 Å². The highest BCUT2D eigenvalue weighted by Gasteiger charge is 2.51. The number of carbonyl (C=O) groups excluding carboxylic acids is 1. The van der Waals surface area contributed by atoms with E-state index in [2.05, 4.69) is 0 Å². The summed E-state index contributed by atoms with van der Waals surface area (Å²) in [5.74, 6) is 0.0880. The van der Waals surface area contributed by atoms with Crippen molar-refractivity contribution in [2.45, 2.75) is 12.3 Å². The van der Waals surface area contributed by atoms with Crippen molar-refractivity contribution in [3.8, 4) is 0 Å². The van der Waals surface area contributed by atoms with Crippen molar-refractivity contribution in [3.05, 3.63) is 21.9 Å². The maximum absolute atomic E-state index is 11.6. The molecule has 2 aliphatic heterocycles. The van der Waals surface area contributed by atoms with E-state index in [-0.39, 0.29) is 18.2 Å². The summed E-state index contributed by atoms with van der Waals surface area (Å²) in [6, 6.07) is 0. The molecule has 4 heteroatoms. The third-order valence-corrected chi connectivity index (χ3v) is 3.16. The molecule has 1 aromatic heterocycles. The fourth-order valence-electron chi connectivity index (χ4n) is 1.63. The molecule has 3 heterocycles. The van der Waals surface area contributed by atoms with Crippen molar-refractivity contribution in [2.24, 2.45) is 0 Å². The van der Waals surface area contributed by atoms with Gasteiger partial charge in [0.05, 0.1) is 5.56 Å². The average molecular weight is 181 g/mol. The smallest absolute Gasteiger partial charge is 0.256 e. The second kappa shape index (κ2) is 1.89. The van der Waals surface area contributed by atoms with E-state index in [4.69, 9.17) is 4.74 Å². The van der Waals surface area contributed by atoms with Crippen molar-refractivity contribution in [1.82, 2.24) is 4.90 Å². The van der Waals surface area contributed by atoms with E-state index in [9.17, 15) is 4.79 Å². The lowest BCUT2D eigenvalue weighted by molar-refractivity contribution is 0.0723. The maximum atomic E-state index is 11.6. The summed E-state index contributed by atoms with van der Waals surface area (Å²) >= 11 is 1.56. The lowest BCUT2D eigenvalue weighted by Gasteiger charge is -2.18. The molecule has 0 N–H and O–H groups in total. The molecule has 2 unspecified atom stereocenters. The number of hydrogen-bond acceptors (Lipinski definition) is 3. The van der Waals surface area contributed by atoms with Gasteiger partial charge in [-0.1, -0.05) is 0 Å². The van der Waals surface area contributed by atoms with Gasteiger partial charge in [0.25, 0.3) is 5.91 Å². The largest absolute Gasteiger partial charge is 0.342 e. The van der Waals surface area contributed by atoms with E-state index in [1.165, 1.54) is 0 Å². The summed E-state index contributed by atoms with van der Waals surface area (Å²) in [7, 11) is 1.79. The number of carbonyl (C=O) groups is 1. The Morgan fingerprint density at radius 3 is 3.25 bits per heavy atom. The van der Waals surface area contributed by atoms with Gasteiger partial charge >= 0.3 is 0 Å². The first-order valence-electron chi connectivity index (χ1n) is 3.78. The summed E-state index contributed by atoms with van der Waals surface area (Å²) < 4.78 is 5.36. The van der Waals surface area contributed by atoms with Gasteiger partial charge in [-0.3, -0.25) is 4.79 Å². The molecule has 3 rings (SSSR count). The summed E-state index contributed by atoms with van der Waals surface area (Å²) in [6.07, 6.45) is 0.175. The summed E-state index contributed by atoms with van der Waals surface area (Å²) in [6.45, 7) is 0. The normalized spacial score (nSPS) is 31.4. The van der Waals surface area contributed by atoms with E-state index < -0.39 is 0 Å². The number of likely N-dealkylation sites (N-methyl/N-ethyl adjacent to an activating group) is 1. The fraction of sp³-hybridized carbons (Fsp3) is 0.375. The van der Waals surface area contributed by atoms with Gasteiger partial charge in [-0.05, 0) is 5.38 Å². The predicted molar refractivity (Wildman–Crippen MR) is 44.0 cm³/mol. The quantitative estimate of drug-likeness (QED) is 0.564. The Morgan fingerprint density at radius 1 is 1.58 bits per heavy atom. The third kappa shape index (κ3) is 0.623. The highest BCUT2D eigenvalue weighted by atomic mass is 32.1. The molecule has 3 nitrogen and oxygen atoms in total. The zero-order valence-corrected chi connectivity index (χ0v) is 7.30. The molecule has 1 aromatic rings. The van der Waals surface area contributed by atoms with Gasteiger partial charge in [-0.25, -0.2) is 0 Å². The first-order valence-corrected chi connectivity index (χ1v) is 4.72. The minimum atomic E-state index is 0.0135. The molecule has 0 bridgehead atoms. The van der Waals surface area contributed by atoms with Crippen LogP contribution in [-0.4, -0.2) is 24.1 Å². The molecule has 1 saturated heterocycles. The number of ether oxygens (including phenoxy) is 1. The number of fused-ring (bicyclic) bond motifs is 3. The minimum Gasteiger partial charge on any atom is -0.342 e. The molecular weight excluding hydrogens is 174 g/mol. The molecule has 0 aliphatic carbocycles. The number of rotatable bonds is 0. The molecule has 2 aliphatic rings. The van der Waals surface area contributed by atoms with E-state index in [1.54, 1.807) is 23.3 Å². The van der Waals surface area contributed by atoms with E-state index in [0.717, 1.165) is 11.1 Å². The molecule has 62 valence electrons. The molecule has 0 spiro atoms. The zero-order valence-electron chi connectivity index (χ0n) is 6.48. The van der Waals surface area contributed by atoms with E-state index in [1.807, 2.05) is 10.8 Å². The molecule has 0 saturated carbocycles. The average Bonchev–Trinajstić information content (AvgIpc) is 2.72. The van der Waals surface area contributed by atoms with Gasteiger partial charge in [-0.2, -0.15) is 11.3 Å². The first-order chi connectivity index (χ1) is 5.79. The molecular formula is C8H7NO2S. The number of nitrogens with zero attached hydrogens (tertiary/aromatic N) is 1. The Kier molecular flexibility index (Phi) is 1.04. The highest BCUT2D eigenvalue weighted by molar-refractivity contribution is 7.08. The topological polar surface area (TPSA) is 32.8 Å². The molecule has 0 radical (unpaired) electrons. The first kappa shape index (κ1) is 6.62. The van der Waals surface area contributed by atoms with Gasteiger partial charge in [0.15, 0.2) is 6.23 Å². The molecule has 1 amide bonds. The van der Waals surface area contributed by atoms with Crippen LogP contribution in [0.15, 0.2) is 10.8 Å². The Bertz CT molecular complexity index is 360. The second-order valence-electron chi connectivity index (χ2n) is 3.10. The van der Waals surface area contributed by atoms with Crippen LogP contribution in [0.25, 0.3) is 0 Å². The van der Waals surface area contributed by atoms with Crippen LogP contribution in [-0.2, 0) is 4.74 Å². The van der Waals surface area contributed by atoms with Crippen LogP contribution in [0.4, 0.5) is 0 Å². The summed E-state index contributed by atoms with van der Waals surface area (Å²) in [4.78, 5) is 13.2. The van der Waals surface area contributed by atoms with Gasteiger partial charge in [-0.15, -0.1) is 0 Å². The number of thiophene rings is 1. The lowest BCUT2D eigenvalue weighted by atomic mass is 10.1. The lowest BCUT2D eigenvalue weighted by Crippen LogP contribution is -2.33. The number of hydrogen-bond donors (Lipinski definition) is 0.